The fraction of sp³-hybridized carbons (Fsp3) is 0.500. The molecule has 27 heavy (non-hydrogen) atoms. The van der Waals surface area contributed by atoms with Crippen LogP contribution in [0.15, 0.2) is 35.7 Å². The Kier molecular flexibility index (Phi) is 6.95. The molecule has 146 valence electrons. The molecule has 2 heterocycles. The average molecular weight is 390 g/mol. The molecule has 2 aromatic rings. The minimum atomic E-state index is -0.543. The number of thiazole rings is 1. The number of hydrogen-bond acceptors (Lipinski definition) is 6. The normalized spacial score (nSPS) is 21.7. The van der Waals surface area contributed by atoms with Crippen LogP contribution in [-0.4, -0.2) is 47.2 Å². The van der Waals surface area contributed by atoms with Gasteiger partial charge in [0, 0.05) is 25.0 Å². The van der Waals surface area contributed by atoms with Gasteiger partial charge in [-0.05, 0) is 26.3 Å². The molecular weight excluding hydrogens is 362 g/mol. The molecule has 0 saturated carbocycles. The van der Waals surface area contributed by atoms with Crippen LogP contribution in [0.4, 0.5) is 5.13 Å². The maximum absolute atomic E-state index is 12.3. The maximum Gasteiger partial charge on any atom is 0.255 e. The zero-order valence-electron chi connectivity index (χ0n) is 16.1. The Morgan fingerprint density at radius 3 is 2.74 bits per heavy atom. The summed E-state index contributed by atoms with van der Waals surface area (Å²) in [6, 6.07) is 9.82. The van der Waals surface area contributed by atoms with Crippen LogP contribution >= 0.6 is 11.3 Å². The van der Waals surface area contributed by atoms with Crippen molar-refractivity contribution in [2.24, 2.45) is 0 Å². The molecule has 1 amide bonds. The highest BCUT2D eigenvalue weighted by molar-refractivity contribution is 7.13. The second kappa shape index (κ2) is 9.41. The lowest BCUT2D eigenvalue weighted by atomic mass is 10.2. The summed E-state index contributed by atoms with van der Waals surface area (Å²) >= 11 is 1.44. The van der Waals surface area contributed by atoms with E-state index in [4.69, 9.17) is 9.47 Å². The highest BCUT2D eigenvalue weighted by atomic mass is 32.1. The third-order valence-electron chi connectivity index (χ3n) is 4.37. The standard InChI is InChI=1S/C20H27N3O3S/c1-14-9-23(10-15(2)26-14)11-18-13-27-20(21-18)22-19(24)16(3)25-12-17-7-5-4-6-8-17/h4-8,13-16H,9-12H2,1-3H3,(H,21,22,24). The number of carbonyl (C=O) groups excluding carboxylic acids is 1. The Labute approximate surface area is 164 Å². The first kappa shape index (κ1) is 19.9. The largest absolute Gasteiger partial charge is 0.373 e. The summed E-state index contributed by atoms with van der Waals surface area (Å²) in [6.07, 6.45) is -0.0816. The van der Waals surface area contributed by atoms with Crippen molar-refractivity contribution in [1.29, 1.82) is 0 Å². The van der Waals surface area contributed by atoms with Gasteiger partial charge < -0.3 is 9.47 Å². The first-order valence-corrected chi connectivity index (χ1v) is 10.2. The Morgan fingerprint density at radius 2 is 2.04 bits per heavy atom. The van der Waals surface area contributed by atoms with Gasteiger partial charge in [-0.3, -0.25) is 15.0 Å². The summed E-state index contributed by atoms with van der Waals surface area (Å²) in [6.45, 7) is 8.90. The average Bonchev–Trinajstić information content (AvgIpc) is 3.06. The number of amides is 1. The molecule has 3 rings (SSSR count). The number of nitrogens with zero attached hydrogens (tertiary/aromatic N) is 2. The lowest BCUT2D eigenvalue weighted by Crippen LogP contribution is -2.44. The molecule has 1 aromatic carbocycles. The van der Waals surface area contributed by atoms with Crippen molar-refractivity contribution in [3.05, 3.63) is 47.0 Å². The Hall–Kier alpha value is -1.80. The molecule has 1 saturated heterocycles. The Morgan fingerprint density at radius 1 is 1.33 bits per heavy atom. The summed E-state index contributed by atoms with van der Waals surface area (Å²) in [5, 5.41) is 5.46. The van der Waals surface area contributed by atoms with Gasteiger partial charge in [0.05, 0.1) is 24.5 Å². The molecule has 0 radical (unpaired) electrons. The van der Waals surface area contributed by atoms with E-state index in [1.165, 1.54) is 11.3 Å². The number of anilines is 1. The molecule has 3 unspecified atom stereocenters. The van der Waals surface area contributed by atoms with Crippen molar-refractivity contribution in [3.63, 3.8) is 0 Å². The maximum atomic E-state index is 12.3. The molecule has 1 fully saturated rings. The number of carbonyl (C=O) groups is 1. The number of aromatic nitrogens is 1. The Balaban J connectivity index is 1.47. The minimum absolute atomic E-state index is 0.180. The van der Waals surface area contributed by atoms with Crippen molar-refractivity contribution < 1.29 is 14.3 Å². The van der Waals surface area contributed by atoms with Gasteiger partial charge in [-0.1, -0.05) is 30.3 Å². The van der Waals surface area contributed by atoms with E-state index in [9.17, 15) is 4.79 Å². The van der Waals surface area contributed by atoms with Crippen LogP contribution in [0.3, 0.4) is 0 Å². The third-order valence-corrected chi connectivity index (χ3v) is 5.18. The molecule has 6 nitrogen and oxygen atoms in total. The third kappa shape index (κ3) is 6.10. The van der Waals surface area contributed by atoms with Crippen LogP contribution in [0.2, 0.25) is 0 Å². The molecule has 1 aromatic heterocycles. The van der Waals surface area contributed by atoms with E-state index < -0.39 is 6.10 Å². The van der Waals surface area contributed by atoms with E-state index in [-0.39, 0.29) is 18.1 Å². The molecule has 0 spiro atoms. The molecule has 7 heteroatoms. The van der Waals surface area contributed by atoms with Gasteiger partial charge in [0.15, 0.2) is 5.13 Å². The van der Waals surface area contributed by atoms with E-state index >= 15 is 0 Å². The van der Waals surface area contributed by atoms with Crippen LogP contribution < -0.4 is 5.32 Å². The monoisotopic (exact) mass is 389 g/mol. The quantitative estimate of drug-likeness (QED) is 0.787. The highest BCUT2D eigenvalue weighted by Gasteiger charge is 2.23. The molecule has 3 atom stereocenters. The van der Waals surface area contributed by atoms with E-state index in [0.717, 1.165) is 30.9 Å². The number of benzene rings is 1. The van der Waals surface area contributed by atoms with Crippen LogP contribution in [0.5, 0.6) is 0 Å². The zero-order valence-corrected chi connectivity index (χ0v) is 16.9. The van der Waals surface area contributed by atoms with Crippen molar-refractivity contribution in [1.82, 2.24) is 9.88 Å². The zero-order chi connectivity index (χ0) is 19.2. The van der Waals surface area contributed by atoms with E-state index in [1.807, 2.05) is 35.7 Å². The van der Waals surface area contributed by atoms with Crippen LogP contribution in [0.1, 0.15) is 32.0 Å². The van der Waals surface area contributed by atoms with Crippen molar-refractivity contribution in [3.8, 4) is 0 Å². The molecule has 0 aliphatic carbocycles. The van der Waals surface area contributed by atoms with Gasteiger partial charge >= 0.3 is 0 Å². The molecular formula is C20H27N3O3S. The fourth-order valence-corrected chi connectivity index (χ4v) is 3.86. The van der Waals surface area contributed by atoms with Gasteiger partial charge in [0.2, 0.25) is 0 Å². The number of nitrogens with one attached hydrogen (secondary N) is 1. The predicted molar refractivity (Wildman–Crippen MR) is 107 cm³/mol. The minimum Gasteiger partial charge on any atom is -0.373 e. The number of ether oxygens (including phenoxy) is 2. The fourth-order valence-electron chi connectivity index (χ4n) is 3.16. The summed E-state index contributed by atoms with van der Waals surface area (Å²) in [5.41, 5.74) is 2.01. The highest BCUT2D eigenvalue weighted by Crippen LogP contribution is 2.19. The van der Waals surface area contributed by atoms with Gasteiger partial charge in [-0.15, -0.1) is 11.3 Å². The van der Waals surface area contributed by atoms with Crippen LogP contribution in [0, 0.1) is 0 Å². The number of hydrogen-bond donors (Lipinski definition) is 1. The molecule has 0 bridgehead atoms. The summed E-state index contributed by atoms with van der Waals surface area (Å²) in [7, 11) is 0. The first-order chi connectivity index (χ1) is 13.0. The van der Waals surface area contributed by atoms with Crippen LogP contribution in [0.25, 0.3) is 0 Å². The van der Waals surface area contributed by atoms with Crippen molar-refractivity contribution >= 4 is 22.4 Å². The van der Waals surface area contributed by atoms with Crippen molar-refractivity contribution in [2.45, 2.75) is 52.2 Å². The lowest BCUT2D eigenvalue weighted by Gasteiger charge is -2.34. The first-order valence-electron chi connectivity index (χ1n) is 9.28. The molecule has 1 aliphatic heterocycles. The van der Waals surface area contributed by atoms with Gasteiger partial charge in [-0.25, -0.2) is 4.98 Å². The SMILES string of the molecule is CC1CN(Cc2csc(NC(=O)C(C)OCc3ccccc3)n2)CC(C)O1. The van der Waals surface area contributed by atoms with E-state index in [0.29, 0.717) is 11.7 Å². The van der Waals surface area contributed by atoms with Gasteiger partial charge in [0.25, 0.3) is 5.91 Å². The second-order valence-corrected chi connectivity index (χ2v) is 7.88. The summed E-state index contributed by atoms with van der Waals surface area (Å²) in [5.74, 6) is -0.180. The van der Waals surface area contributed by atoms with E-state index in [2.05, 4.69) is 29.0 Å². The second-order valence-electron chi connectivity index (χ2n) is 7.02. The lowest BCUT2D eigenvalue weighted by molar-refractivity contribution is -0.127. The summed E-state index contributed by atoms with van der Waals surface area (Å²) in [4.78, 5) is 19.2. The number of rotatable bonds is 7. The van der Waals surface area contributed by atoms with E-state index in [1.54, 1.807) is 6.92 Å². The van der Waals surface area contributed by atoms with Gasteiger partial charge in [0.1, 0.15) is 6.10 Å². The van der Waals surface area contributed by atoms with Gasteiger partial charge in [-0.2, -0.15) is 0 Å². The predicted octanol–water partition coefficient (Wildman–Crippen LogP) is 3.30. The topological polar surface area (TPSA) is 63.7 Å². The summed E-state index contributed by atoms with van der Waals surface area (Å²) < 4.78 is 11.4. The molecule has 1 N–H and O–H groups in total. The van der Waals surface area contributed by atoms with Crippen LogP contribution in [-0.2, 0) is 27.4 Å². The number of morpholine rings is 1. The van der Waals surface area contributed by atoms with Crippen molar-refractivity contribution in [2.75, 3.05) is 18.4 Å². The smallest absolute Gasteiger partial charge is 0.255 e. The molecule has 1 aliphatic rings. The Bertz CT molecular complexity index is 727.